The van der Waals surface area contributed by atoms with E-state index in [0.717, 1.165) is 22.6 Å². The lowest BCUT2D eigenvalue weighted by atomic mass is 10.1. The van der Waals surface area contributed by atoms with Gasteiger partial charge in [0.05, 0.1) is 12.5 Å². The van der Waals surface area contributed by atoms with Crippen molar-refractivity contribution >= 4 is 23.2 Å². The molecule has 6 nitrogen and oxygen atoms in total. The minimum absolute atomic E-state index is 0.0353. The van der Waals surface area contributed by atoms with Crippen LogP contribution in [0.3, 0.4) is 0 Å². The summed E-state index contributed by atoms with van der Waals surface area (Å²) in [4.78, 5) is 18.9. The van der Waals surface area contributed by atoms with Crippen molar-refractivity contribution in [2.45, 2.75) is 33.1 Å². The standard InChI is InChI=1S/C23H24ClN3O3/c1-14(2)13-29-19-7-4-16(5-8-19)22-25-23(30-26-22)17-11-21(28)27(12-17)18-6-9-20(24)15(3)10-18/h4-10,14,17H,11-13H2,1-3H3. The summed E-state index contributed by atoms with van der Waals surface area (Å²) in [6.45, 7) is 7.32. The Balaban J connectivity index is 1.46. The first-order valence-electron chi connectivity index (χ1n) is 10.0. The van der Waals surface area contributed by atoms with Crippen LogP contribution >= 0.6 is 11.6 Å². The van der Waals surface area contributed by atoms with E-state index in [9.17, 15) is 4.79 Å². The zero-order valence-corrected chi connectivity index (χ0v) is 18.0. The molecule has 1 saturated heterocycles. The van der Waals surface area contributed by atoms with Crippen molar-refractivity contribution in [2.24, 2.45) is 5.92 Å². The van der Waals surface area contributed by atoms with Crippen LogP contribution in [0.2, 0.25) is 5.02 Å². The molecule has 1 fully saturated rings. The second-order valence-corrected chi connectivity index (χ2v) is 8.43. The Bertz CT molecular complexity index is 1050. The highest BCUT2D eigenvalue weighted by Gasteiger charge is 2.35. The number of benzene rings is 2. The minimum atomic E-state index is -0.136. The van der Waals surface area contributed by atoms with Crippen LogP contribution in [0.25, 0.3) is 11.4 Å². The Morgan fingerprint density at radius 1 is 1.23 bits per heavy atom. The van der Waals surface area contributed by atoms with Crippen LogP contribution in [0.15, 0.2) is 47.0 Å². The summed E-state index contributed by atoms with van der Waals surface area (Å²) < 4.78 is 11.2. The quantitative estimate of drug-likeness (QED) is 0.539. The molecule has 7 heteroatoms. The van der Waals surface area contributed by atoms with Gasteiger partial charge in [0, 0.05) is 29.2 Å². The molecule has 4 rings (SSSR count). The van der Waals surface area contributed by atoms with Crippen LogP contribution < -0.4 is 9.64 Å². The number of ether oxygens (including phenoxy) is 1. The molecule has 0 aliphatic carbocycles. The summed E-state index contributed by atoms with van der Waals surface area (Å²) in [6, 6.07) is 13.2. The summed E-state index contributed by atoms with van der Waals surface area (Å²) in [5.74, 6) is 2.16. The van der Waals surface area contributed by atoms with Crippen molar-refractivity contribution in [1.29, 1.82) is 0 Å². The Morgan fingerprint density at radius 3 is 2.70 bits per heavy atom. The maximum absolute atomic E-state index is 12.6. The Morgan fingerprint density at radius 2 is 2.00 bits per heavy atom. The molecule has 1 aliphatic heterocycles. The van der Waals surface area contributed by atoms with E-state index >= 15 is 0 Å². The van der Waals surface area contributed by atoms with Gasteiger partial charge in [0.1, 0.15) is 5.75 Å². The predicted molar refractivity (Wildman–Crippen MR) is 116 cm³/mol. The second kappa shape index (κ2) is 8.48. The summed E-state index contributed by atoms with van der Waals surface area (Å²) in [6.07, 6.45) is 0.339. The molecule has 156 valence electrons. The summed E-state index contributed by atoms with van der Waals surface area (Å²) in [7, 11) is 0. The zero-order chi connectivity index (χ0) is 21.3. The molecule has 0 N–H and O–H groups in total. The second-order valence-electron chi connectivity index (χ2n) is 8.02. The van der Waals surface area contributed by atoms with Crippen molar-refractivity contribution in [2.75, 3.05) is 18.1 Å². The van der Waals surface area contributed by atoms with Crippen molar-refractivity contribution in [3.63, 3.8) is 0 Å². The number of aryl methyl sites for hydroxylation is 1. The number of hydrogen-bond donors (Lipinski definition) is 0. The highest BCUT2D eigenvalue weighted by atomic mass is 35.5. The van der Waals surface area contributed by atoms with Gasteiger partial charge in [-0.25, -0.2) is 0 Å². The van der Waals surface area contributed by atoms with Gasteiger partial charge in [0.15, 0.2) is 0 Å². The molecule has 0 bridgehead atoms. The first kappa shape index (κ1) is 20.4. The molecule has 1 atom stereocenters. The van der Waals surface area contributed by atoms with Crippen LogP contribution in [0.1, 0.15) is 37.6 Å². The van der Waals surface area contributed by atoms with Crippen LogP contribution in [0.4, 0.5) is 5.69 Å². The lowest BCUT2D eigenvalue weighted by Gasteiger charge is -2.17. The van der Waals surface area contributed by atoms with Gasteiger partial charge in [-0.1, -0.05) is 30.6 Å². The number of amides is 1. The number of anilines is 1. The van der Waals surface area contributed by atoms with E-state index in [1.165, 1.54) is 0 Å². The van der Waals surface area contributed by atoms with Gasteiger partial charge in [0.25, 0.3) is 0 Å². The third kappa shape index (κ3) is 4.33. The number of rotatable bonds is 6. The normalized spacial score (nSPS) is 16.5. The van der Waals surface area contributed by atoms with Crippen LogP contribution in [0, 0.1) is 12.8 Å². The number of carbonyl (C=O) groups is 1. The molecular formula is C23H24ClN3O3. The number of hydrogen-bond acceptors (Lipinski definition) is 5. The first-order chi connectivity index (χ1) is 14.4. The molecule has 0 radical (unpaired) electrons. The van der Waals surface area contributed by atoms with E-state index < -0.39 is 0 Å². The molecule has 0 spiro atoms. The fourth-order valence-corrected chi connectivity index (χ4v) is 3.52. The molecule has 2 heterocycles. The molecule has 3 aromatic rings. The van der Waals surface area contributed by atoms with E-state index in [0.29, 0.717) is 42.2 Å². The SMILES string of the molecule is Cc1cc(N2CC(c3nc(-c4ccc(OCC(C)C)cc4)no3)CC2=O)ccc1Cl. The fourth-order valence-electron chi connectivity index (χ4n) is 3.40. The number of halogens is 1. The smallest absolute Gasteiger partial charge is 0.232 e. The summed E-state index contributed by atoms with van der Waals surface area (Å²) in [5.41, 5.74) is 2.61. The third-order valence-electron chi connectivity index (χ3n) is 5.07. The zero-order valence-electron chi connectivity index (χ0n) is 17.3. The molecule has 1 amide bonds. The maximum Gasteiger partial charge on any atom is 0.232 e. The summed E-state index contributed by atoms with van der Waals surface area (Å²) >= 11 is 6.11. The largest absolute Gasteiger partial charge is 0.493 e. The minimum Gasteiger partial charge on any atom is -0.493 e. The van der Waals surface area contributed by atoms with E-state index in [2.05, 4.69) is 24.0 Å². The highest BCUT2D eigenvalue weighted by molar-refractivity contribution is 6.31. The van der Waals surface area contributed by atoms with E-state index in [4.69, 9.17) is 20.9 Å². The van der Waals surface area contributed by atoms with Crippen LogP contribution in [-0.4, -0.2) is 29.2 Å². The number of nitrogens with zero attached hydrogens (tertiary/aromatic N) is 3. The average Bonchev–Trinajstić information content (AvgIpc) is 3.36. The molecule has 30 heavy (non-hydrogen) atoms. The maximum atomic E-state index is 12.6. The predicted octanol–water partition coefficient (Wildman–Crippen LogP) is 5.25. The van der Waals surface area contributed by atoms with Crippen molar-refractivity contribution in [3.05, 3.63) is 58.9 Å². The van der Waals surface area contributed by atoms with Gasteiger partial charge >= 0.3 is 0 Å². The van der Waals surface area contributed by atoms with Gasteiger partial charge in [-0.05, 0) is 60.9 Å². The van der Waals surface area contributed by atoms with Gasteiger partial charge in [-0.3, -0.25) is 4.79 Å². The van der Waals surface area contributed by atoms with E-state index in [1.807, 2.05) is 49.4 Å². The van der Waals surface area contributed by atoms with Gasteiger partial charge in [0.2, 0.25) is 17.6 Å². The topological polar surface area (TPSA) is 68.5 Å². The summed E-state index contributed by atoms with van der Waals surface area (Å²) in [5, 5.41) is 4.79. The fraction of sp³-hybridized carbons (Fsp3) is 0.348. The lowest BCUT2D eigenvalue weighted by molar-refractivity contribution is -0.117. The van der Waals surface area contributed by atoms with Crippen LogP contribution in [-0.2, 0) is 4.79 Å². The molecule has 0 saturated carbocycles. The van der Waals surface area contributed by atoms with Crippen molar-refractivity contribution < 1.29 is 14.1 Å². The Labute approximate surface area is 180 Å². The van der Waals surface area contributed by atoms with Gasteiger partial charge in [-0.15, -0.1) is 0 Å². The monoisotopic (exact) mass is 425 g/mol. The van der Waals surface area contributed by atoms with Gasteiger partial charge < -0.3 is 14.2 Å². The molecule has 1 aromatic heterocycles. The third-order valence-corrected chi connectivity index (χ3v) is 5.49. The number of aromatic nitrogens is 2. The van der Waals surface area contributed by atoms with Gasteiger partial charge in [-0.2, -0.15) is 4.98 Å². The Kier molecular flexibility index (Phi) is 5.77. The first-order valence-corrected chi connectivity index (χ1v) is 10.4. The molecule has 1 unspecified atom stereocenters. The van der Waals surface area contributed by atoms with Crippen LogP contribution in [0.5, 0.6) is 5.75 Å². The van der Waals surface area contributed by atoms with Crippen molar-refractivity contribution in [3.8, 4) is 17.1 Å². The van der Waals surface area contributed by atoms with Crippen molar-refractivity contribution in [1.82, 2.24) is 10.1 Å². The van der Waals surface area contributed by atoms with E-state index in [-0.39, 0.29) is 11.8 Å². The average molecular weight is 426 g/mol. The number of carbonyl (C=O) groups excluding carboxylic acids is 1. The Hall–Kier alpha value is -2.86. The highest BCUT2D eigenvalue weighted by Crippen LogP contribution is 2.33. The lowest BCUT2D eigenvalue weighted by Crippen LogP contribution is -2.24. The molecule has 2 aromatic carbocycles. The van der Waals surface area contributed by atoms with E-state index in [1.54, 1.807) is 4.90 Å². The molecule has 1 aliphatic rings. The molecular weight excluding hydrogens is 402 g/mol.